The molecule has 4 aromatic rings. The van der Waals surface area contributed by atoms with Crippen LogP contribution in [0.5, 0.6) is 5.75 Å². The number of benzene rings is 3. The van der Waals surface area contributed by atoms with Crippen molar-refractivity contribution in [3.63, 3.8) is 0 Å². The number of hydrogen-bond acceptors (Lipinski definition) is 2. The smallest absolute Gasteiger partial charge is 0.116 e. The molecule has 0 bridgehead atoms. The summed E-state index contributed by atoms with van der Waals surface area (Å²) < 4.78 is 0. The number of phenolic OH excluding ortho intramolecular Hbond substituents is 1. The zero-order chi connectivity index (χ0) is 18.4. The van der Waals surface area contributed by atoms with Gasteiger partial charge in [-0.1, -0.05) is 60.1 Å². The zero-order valence-corrected chi connectivity index (χ0v) is 15.2. The van der Waals surface area contributed by atoms with Gasteiger partial charge in [0.05, 0.1) is 11.4 Å². The van der Waals surface area contributed by atoms with Crippen molar-refractivity contribution < 1.29 is 5.11 Å². The second-order valence-corrected chi connectivity index (χ2v) is 7.21. The highest BCUT2D eigenvalue weighted by atomic mass is 35.5. The van der Waals surface area contributed by atoms with Crippen LogP contribution in [0.2, 0.25) is 5.02 Å². The van der Waals surface area contributed by atoms with Gasteiger partial charge < -0.3 is 5.11 Å². The highest BCUT2D eigenvalue weighted by Gasteiger charge is 2.24. The van der Waals surface area contributed by atoms with Crippen molar-refractivity contribution >= 4 is 11.6 Å². The van der Waals surface area contributed by atoms with Crippen LogP contribution >= 0.6 is 11.6 Å². The molecule has 0 unspecified atom stereocenters. The quantitative estimate of drug-likeness (QED) is 0.393. The summed E-state index contributed by atoms with van der Waals surface area (Å²) in [5, 5.41) is 10.7. The normalized spacial score (nSPS) is 11.9. The highest BCUT2D eigenvalue weighted by Crippen LogP contribution is 2.42. The van der Waals surface area contributed by atoms with Gasteiger partial charge in [0.2, 0.25) is 0 Å². The fourth-order valence-electron chi connectivity index (χ4n) is 3.80. The molecule has 1 aliphatic carbocycles. The number of aromatic nitrogens is 1. The van der Waals surface area contributed by atoms with E-state index in [0.29, 0.717) is 5.02 Å². The Kier molecular flexibility index (Phi) is 3.73. The number of hydrogen-bond donors (Lipinski definition) is 1. The molecule has 0 saturated heterocycles. The second-order valence-electron chi connectivity index (χ2n) is 6.78. The molecule has 3 aromatic carbocycles. The Morgan fingerprint density at radius 3 is 2.44 bits per heavy atom. The van der Waals surface area contributed by atoms with Gasteiger partial charge in [-0.25, -0.2) is 4.98 Å². The molecule has 0 aliphatic heterocycles. The van der Waals surface area contributed by atoms with E-state index in [1.165, 1.54) is 16.7 Å². The van der Waals surface area contributed by atoms with E-state index < -0.39 is 0 Å². The summed E-state index contributed by atoms with van der Waals surface area (Å²) in [5.74, 6) is 0.262. The van der Waals surface area contributed by atoms with Crippen molar-refractivity contribution in [2.75, 3.05) is 0 Å². The Morgan fingerprint density at radius 1 is 0.778 bits per heavy atom. The van der Waals surface area contributed by atoms with E-state index in [9.17, 15) is 5.11 Å². The molecule has 0 amide bonds. The lowest BCUT2D eigenvalue weighted by molar-refractivity contribution is 0.475. The number of halogens is 1. The first kappa shape index (κ1) is 16.1. The molecular formula is C24H16ClNO. The molecule has 1 heterocycles. The predicted molar refractivity (Wildman–Crippen MR) is 110 cm³/mol. The van der Waals surface area contributed by atoms with Crippen LogP contribution in [0.25, 0.3) is 33.6 Å². The predicted octanol–water partition coefficient (Wildman–Crippen LogP) is 6.35. The van der Waals surface area contributed by atoms with Crippen LogP contribution in [0.1, 0.15) is 11.1 Å². The van der Waals surface area contributed by atoms with Gasteiger partial charge in [-0.15, -0.1) is 0 Å². The molecule has 27 heavy (non-hydrogen) atoms. The largest absolute Gasteiger partial charge is 0.508 e. The van der Waals surface area contributed by atoms with Crippen molar-refractivity contribution in [1.29, 1.82) is 0 Å². The number of fused-ring (bicyclic) bond motifs is 3. The number of rotatable bonds is 2. The zero-order valence-electron chi connectivity index (χ0n) is 14.5. The molecule has 0 radical (unpaired) electrons. The third kappa shape index (κ3) is 2.79. The minimum absolute atomic E-state index is 0.262. The monoisotopic (exact) mass is 369 g/mol. The summed E-state index contributed by atoms with van der Waals surface area (Å²) in [5.41, 5.74) is 8.63. The third-order valence-corrected chi connectivity index (χ3v) is 5.28. The second kappa shape index (κ2) is 6.26. The molecule has 0 atom stereocenters. The Balaban J connectivity index is 1.79. The Hall–Kier alpha value is -3.10. The van der Waals surface area contributed by atoms with Crippen LogP contribution in [0.4, 0.5) is 0 Å². The average Bonchev–Trinajstić information content (AvgIpc) is 3.06. The number of aromatic hydroxyl groups is 1. The van der Waals surface area contributed by atoms with Crippen molar-refractivity contribution in [3.8, 4) is 39.4 Å². The Bertz CT molecular complexity index is 1180. The van der Waals surface area contributed by atoms with Gasteiger partial charge in [-0.05, 0) is 52.6 Å². The molecule has 130 valence electrons. The number of phenols is 1. The van der Waals surface area contributed by atoms with Crippen molar-refractivity contribution in [2.24, 2.45) is 0 Å². The van der Waals surface area contributed by atoms with Gasteiger partial charge in [0.15, 0.2) is 0 Å². The molecule has 3 heteroatoms. The van der Waals surface area contributed by atoms with E-state index in [4.69, 9.17) is 16.6 Å². The van der Waals surface area contributed by atoms with E-state index >= 15 is 0 Å². The van der Waals surface area contributed by atoms with Crippen LogP contribution in [0, 0.1) is 0 Å². The Labute approximate surface area is 162 Å². The standard InChI is InChI=1S/C24H16ClNO/c25-18-8-3-7-17(11-18)23-14-21(15-6-4-9-19(27)12-15)22-13-16-5-1-2-10-20(16)24(22)26-23/h1-12,14,27H,13H2. The molecular weight excluding hydrogens is 354 g/mol. The Morgan fingerprint density at radius 2 is 1.59 bits per heavy atom. The highest BCUT2D eigenvalue weighted by molar-refractivity contribution is 6.30. The van der Waals surface area contributed by atoms with Gasteiger partial charge in [-0.3, -0.25) is 0 Å². The molecule has 1 N–H and O–H groups in total. The lowest BCUT2D eigenvalue weighted by Crippen LogP contribution is -1.94. The first-order valence-corrected chi connectivity index (χ1v) is 9.24. The molecule has 5 rings (SSSR count). The van der Waals surface area contributed by atoms with Gasteiger partial charge in [0.25, 0.3) is 0 Å². The summed E-state index contributed by atoms with van der Waals surface area (Å²) in [7, 11) is 0. The van der Waals surface area contributed by atoms with Gasteiger partial charge in [0.1, 0.15) is 5.75 Å². The maximum atomic E-state index is 9.99. The van der Waals surface area contributed by atoms with Crippen molar-refractivity contribution in [3.05, 3.63) is 95.0 Å². The lowest BCUT2D eigenvalue weighted by atomic mass is 9.96. The number of pyridine rings is 1. The molecule has 0 saturated carbocycles. The summed E-state index contributed by atoms with van der Waals surface area (Å²) in [6.07, 6.45) is 0.847. The van der Waals surface area contributed by atoms with Crippen LogP contribution in [-0.2, 0) is 6.42 Å². The maximum absolute atomic E-state index is 9.99. The topological polar surface area (TPSA) is 33.1 Å². The molecule has 0 spiro atoms. The van der Waals surface area contributed by atoms with E-state index in [0.717, 1.165) is 34.5 Å². The summed E-state index contributed by atoms with van der Waals surface area (Å²) in [6, 6.07) is 25.7. The molecule has 0 fully saturated rings. The third-order valence-electron chi connectivity index (χ3n) is 5.04. The van der Waals surface area contributed by atoms with E-state index in [-0.39, 0.29) is 5.75 Å². The van der Waals surface area contributed by atoms with Crippen LogP contribution in [0.15, 0.2) is 78.9 Å². The molecule has 1 aromatic heterocycles. The first-order valence-electron chi connectivity index (χ1n) is 8.86. The first-order chi connectivity index (χ1) is 13.2. The van der Waals surface area contributed by atoms with Crippen molar-refractivity contribution in [1.82, 2.24) is 4.98 Å². The van der Waals surface area contributed by atoms with E-state index in [1.807, 2.05) is 36.4 Å². The molecule has 2 nitrogen and oxygen atoms in total. The minimum Gasteiger partial charge on any atom is -0.508 e. The fourth-order valence-corrected chi connectivity index (χ4v) is 3.99. The van der Waals surface area contributed by atoms with Crippen LogP contribution in [0.3, 0.4) is 0 Å². The fraction of sp³-hybridized carbons (Fsp3) is 0.0417. The van der Waals surface area contributed by atoms with Gasteiger partial charge in [0, 0.05) is 22.6 Å². The van der Waals surface area contributed by atoms with Gasteiger partial charge >= 0.3 is 0 Å². The SMILES string of the molecule is Oc1cccc(-c2cc(-c3cccc(Cl)c3)nc3c2Cc2ccccc2-3)c1. The van der Waals surface area contributed by atoms with E-state index in [1.54, 1.807) is 12.1 Å². The number of nitrogens with zero attached hydrogens (tertiary/aromatic N) is 1. The molecule has 1 aliphatic rings. The maximum Gasteiger partial charge on any atom is 0.116 e. The summed E-state index contributed by atoms with van der Waals surface area (Å²) >= 11 is 6.21. The summed E-state index contributed by atoms with van der Waals surface area (Å²) in [6.45, 7) is 0. The van der Waals surface area contributed by atoms with Crippen LogP contribution < -0.4 is 0 Å². The minimum atomic E-state index is 0.262. The van der Waals surface area contributed by atoms with Crippen LogP contribution in [-0.4, -0.2) is 10.1 Å². The van der Waals surface area contributed by atoms with Crippen molar-refractivity contribution in [2.45, 2.75) is 6.42 Å². The van der Waals surface area contributed by atoms with E-state index in [2.05, 4.69) is 30.3 Å². The lowest BCUT2D eigenvalue weighted by Gasteiger charge is -2.13. The average molecular weight is 370 g/mol. The summed E-state index contributed by atoms with van der Waals surface area (Å²) in [4.78, 5) is 4.99. The van der Waals surface area contributed by atoms with Gasteiger partial charge in [-0.2, -0.15) is 0 Å².